The Morgan fingerprint density at radius 2 is 1.93 bits per heavy atom. The van der Waals surface area contributed by atoms with Crippen LogP contribution in [0.2, 0.25) is 0 Å². The maximum atomic E-state index is 13.0. The number of imide groups is 1. The molecule has 1 aromatic heterocycles. The van der Waals surface area contributed by atoms with Gasteiger partial charge in [-0.1, -0.05) is 58.4 Å². The smallest absolute Gasteiger partial charge is 0.319 e. The zero-order chi connectivity index (χ0) is 19.0. The van der Waals surface area contributed by atoms with E-state index in [1.807, 2.05) is 60.0 Å². The molecule has 0 spiro atoms. The van der Waals surface area contributed by atoms with Crippen molar-refractivity contribution in [2.24, 2.45) is 0 Å². The van der Waals surface area contributed by atoms with Crippen molar-refractivity contribution in [1.82, 2.24) is 15.2 Å². The Morgan fingerprint density at radius 3 is 2.67 bits per heavy atom. The van der Waals surface area contributed by atoms with Gasteiger partial charge in [-0.05, 0) is 24.6 Å². The third-order valence-corrected chi connectivity index (χ3v) is 6.00. The quantitative estimate of drug-likeness (QED) is 0.604. The molecule has 1 saturated heterocycles. The number of nitrogens with one attached hydrogen (secondary N) is 1. The van der Waals surface area contributed by atoms with Gasteiger partial charge in [0.1, 0.15) is 10.5 Å². The summed E-state index contributed by atoms with van der Waals surface area (Å²) in [6.45, 7) is 1.88. The molecule has 1 N–H and O–H groups in total. The lowest BCUT2D eigenvalue weighted by atomic mass is 9.92. The SMILES string of the molecule is CC1(c2ccccc2)NC(=O)N(Cc2csc(-c3cccc(Br)c3)n2)C1=O. The number of benzene rings is 2. The lowest BCUT2D eigenvalue weighted by Gasteiger charge is -2.21. The molecular weight excluding hydrogens is 426 g/mol. The molecule has 2 heterocycles. The van der Waals surface area contributed by atoms with Crippen LogP contribution in [0, 0.1) is 0 Å². The number of amides is 3. The third kappa shape index (κ3) is 3.28. The summed E-state index contributed by atoms with van der Waals surface area (Å²) in [5.41, 5.74) is 1.39. The van der Waals surface area contributed by atoms with Crippen molar-refractivity contribution >= 4 is 39.2 Å². The van der Waals surface area contributed by atoms with Crippen molar-refractivity contribution in [3.05, 3.63) is 75.7 Å². The van der Waals surface area contributed by atoms with Gasteiger partial charge in [0.2, 0.25) is 0 Å². The van der Waals surface area contributed by atoms with Crippen LogP contribution in [0.3, 0.4) is 0 Å². The molecule has 7 heteroatoms. The molecule has 0 radical (unpaired) electrons. The van der Waals surface area contributed by atoms with Crippen LogP contribution >= 0.6 is 27.3 Å². The molecule has 0 aliphatic carbocycles. The minimum atomic E-state index is -1.05. The number of carbonyl (C=O) groups is 2. The van der Waals surface area contributed by atoms with Gasteiger partial charge < -0.3 is 5.32 Å². The summed E-state index contributed by atoms with van der Waals surface area (Å²) >= 11 is 4.95. The predicted molar refractivity (Wildman–Crippen MR) is 108 cm³/mol. The van der Waals surface area contributed by atoms with Crippen LogP contribution in [0.1, 0.15) is 18.2 Å². The molecule has 1 fully saturated rings. The molecule has 3 amide bonds. The van der Waals surface area contributed by atoms with Gasteiger partial charge in [0.25, 0.3) is 5.91 Å². The first-order valence-electron chi connectivity index (χ1n) is 8.37. The third-order valence-electron chi connectivity index (χ3n) is 4.57. The van der Waals surface area contributed by atoms with Crippen molar-refractivity contribution in [2.45, 2.75) is 19.0 Å². The highest BCUT2D eigenvalue weighted by Gasteiger charge is 2.48. The zero-order valence-electron chi connectivity index (χ0n) is 14.5. The summed E-state index contributed by atoms with van der Waals surface area (Å²) in [5, 5.41) is 5.55. The molecule has 1 aliphatic heterocycles. The van der Waals surface area contributed by atoms with E-state index in [1.165, 1.54) is 16.2 Å². The van der Waals surface area contributed by atoms with E-state index in [-0.39, 0.29) is 12.5 Å². The summed E-state index contributed by atoms with van der Waals surface area (Å²) in [6, 6.07) is 16.7. The summed E-state index contributed by atoms with van der Waals surface area (Å²) in [6.07, 6.45) is 0. The molecule has 0 bridgehead atoms. The number of hydrogen-bond donors (Lipinski definition) is 1. The minimum absolute atomic E-state index is 0.150. The summed E-state index contributed by atoms with van der Waals surface area (Å²) in [7, 11) is 0. The highest BCUT2D eigenvalue weighted by molar-refractivity contribution is 9.10. The predicted octanol–water partition coefficient (Wildman–Crippen LogP) is 4.54. The van der Waals surface area contributed by atoms with Crippen molar-refractivity contribution in [1.29, 1.82) is 0 Å². The fraction of sp³-hybridized carbons (Fsp3) is 0.150. The van der Waals surface area contributed by atoms with Crippen molar-refractivity contribution in [2.75, 3.05) is 0 Å². The second-order valence-electron chi connectivity index (χ2n) is 6.47. The monoisotopic (exact) mass is 441 g/mol. The summed E-state index contributed by atoms with van der Waals surface area (Å²) in [4.78, 5) is 31.3. The number of aromatic nitrogens is 1. The number of thiazole rings is 1. The van der Waals surface area contributed by atoms with E-state index in [0.29, 0.717) is 5.69 Å². The normalized spacial score (nSPS) is 19.4. The van der Waals surface area contributed by atoms with Crippen LogP contribution in [-0.2, 0) is 16.9 Å². The molecule has 1 aliphatic rings. The van der Waals surface area contributed by atoms with Crippen LogP contribution in [0.5, 0.6) is 0 Å². The van der Waals surface area contributed by atoms with Gasteiger partial charge in [-0.25, -0.2) is 9.78 Å². The molecule has 2 aromatic carbocycles. The standard InChI is InChI=1S/C20H16BrN3O2S/c1-20(14-7-3-2-4-8-14)18(25)24(19(26)23-20)11-16-12-27-17(22-16)13-6-5-9-15(21)10-13/h2-10,12H,11H2,1H3,(H,23,26). The Hall–Kier alpha value is -2.51. The van der Waals surface area contributed by atoms with Gasteiger partial charge in [0.15, 0.2) is 0 Å². The van der Waals surface area contributed by atoms with E-state index in [2.05, 4.69) is 26.2 Å². The minimum Gasteiger partial charge on any atom is -0.319 e. The largest absolute Gasteiger partial charge is 0.325 e. The van der Waals surface area contributed by atoms with Gasteiger partial charge in [0, 0.05) is 15.4 Å². The zero-order valence-corrected chi connectivity index (χ0v) is 16.9. The molecule has 4 rings (SSSR count). The van der Waals surface area contributed by atoms with Crippen molar-refractivity contribution < 1.29 is 9.59 Å². The summed E-state index contributed by atoms with van der Waals surface area (Å²) < 4.78 is 0.976. The number of carbonyl (C=O) groups excluding carboxylic acids is 2. The number of halogens is 1. The van der Waals surface area contributed by atoms with E-state index in [9.17, 15) is 9.59 Å². The molecule has 0 saturated carbocycles. The maximum Gasteiger partial charge on any atom is 0.325 e. The Kier molecular flexibility index (Phi) is 4.57. The maximum absolute atomic E-state index is 13.0. The molecule has 5 nitrogen and oxygen atoms in total. The van der Waals surface area contributed by atoms with Gasteiger partial charge in [0.05, 0.1) is 12.2 Å². The highest BCUT2D eigenvalue weighted by Crippen LogP contribution is 2.31. The summed E-state index contributed by atoms with van der Waals surface area (Å²) in [5.74, 6) is -0.268. The van der Waals surface area contributed by atoms with Gasteiger partial charge in [-0.3, -0.25) is 9.69 Å². The van der Waals surface area contributed by atoms with E-state index in [4.69, 9.17) is 0 Å². The fourth-order valence-electron chi connectivity index (χ4n) is 3.10. The Bertz CT molecular complexity index is 1020. The molecule has 136 valence electrons. The Morgan fingerprint density at radius 1 is 1.15 bits per heavy atom. The topological polar surface area (TPSA) is 62.3 Å². The lowest BCUT2D eigenvalue weighted by Crippen LogP contribution is -2.40. The average molecular weight is 442 g/mol. The first-order chi connectivity index (χ1) is 13.0. The van der Waals surface area contributed by atoms with Crippen LogP contribution in [0.25, 0.3) is 10.6 Å². The van der Waals surface area contributed by atoms with E-state index >= 15 is 0 Å². The lowest BCUT2D eigenvalue weighted by molar-refractivity contribution is -0.131. The van der Waals surface area contributed by atoms with Crippen LogP contribution in [0.15, 0.2) is 64.5 Å². The molecule has 1 unspecified atom stereocenters. The van der Waals surface area contributed by atoms with E-state index in [1.54, 1.807) is 6.92 Å². The Labute approximate surface area is 169 Å². The Balaban J connectivity index is 1.57. The first-order valence-corrected chi connectivity index (χ1v) is 10.0. The molecular formula is C20H16BrN3O2S. The number of rotatable bonds is 4. The second-order valence-corrected chi connectivity index (χ2v) is 8.24. The van der Waals surface area contributed by atoms with Crippen molar-refractivity contribution in [3.63, 3.8) is 0 Å². The van der Waals surface area contributed by atoms with Crippen molar-refractivity contribution in [3.8, 4) is 10.6 Å². The van der Waals surface area contributed by atoms with Crippen LogP contribution in [0.4, 0.5) is 4.79 Å². The van der Waals surface area contributed by atoms with Crippen LogP contribution < -0.4 is 5.32 Å². The first kappa shape index (κ1) is 17.9. The number of hydrogen-bond acceptors (Lipinski definition) is 4. The average Bonchev–Trinajstić information content (AvgIpc) is 3.22. The fourth-order valence-corrected chi connectivity index (χ4v) is 4.31. The number of urea groups is 1. The molecule has 1 atom stereocenters. The van der Waals surface area contributed by atoms with E-state index in [0.717, 1.165) is 20.6 Å². The van der Waals surface area contributed by atoms with Gasteiger partial charge in [-0.2, -0.15) is 0 Å². The van der Waals surface area contributed by atoms with E-state index < -0.39 is 11.6 Å². The van der Waals surface area contributed by atoms with Gasteiger partial charge >= 0.3 is 6.03 Å². The second kappa shape index (κ2) is 6.90. The van der Waals surface area contributed by atoms with Gasteiger partial charge in [-0.15, -0.1) is 11.3 Å². The molecule has 3 aromatic rings. The number of nitrogens with zero attached hydrogens (tertiary/aromatic N) is 2. The molecule has 27 heavy (non-hydrogen) atoms. The highest BCUT2D eigenvalue weighted by atomic mass is 79.9. The van der Waals surface area contributed by atoms with Crippen LogP contribution in [-0.4, -0.2) is 21.8 Å².